The summed E-state index contributed by atoms with van der Waals surface area (Å²) in [4.78, 5) is 0. The molecule has 0 unspecified atom stereocenters. The van der Waals surface area contributed by atoms with Crippen molar-refractivity contribution >= 4 is 11.8 Å². The van der Waals surface area contributed by atoms with Gasteiger partial charge >= 0.3 is 0 Å². The Kier molecular flexibility index (Phi) is 4.36. The van der Waals surface area contributed by atoms with Gasteiger partial charge in [0.25, 0.3) is 0 Å². The van der Waals surface area contributed by atoms with E-state index in [9.17, 15) is 0 Å². The summed E-state index contributed by atoms with van der Waals surface area (Å²) in [5, 5.41) is 4.40. The zero-order valence-electron chi connectivity index (χ0n) is 14.0. The number of nitrogens with one attached hydrogen (secondary N) is 1. The van der Waals surface area contributed by atoms with Crippen LogP contribution in [0.25, 0.3) is 5.57 Å². The molecule has 0 saturated carbocycles. The molecule has 1 aromatic carbocycles. The fraction of sp³-hybridized carbons (Fsp3) is 0.421. The van der Waals surface area contributed by atoms with Crippen molar-refractivity contribution < 1.29 is 0 Å². The maximum atomic E-state index is 4.40. The Hall–Kier alpha value is -1.83. The fourth-order valence-electron chi connectivity index (χ4n) is 2.55. The lowest BCUT2D eigenvalue weighted by molar-refractivity contribution is 0.442. The predicted molar refractivity (Wildman–Crippen MR) is 92.5 cm³/mol. The summed E-state index contributed by atoms with van der Waals surface area (Å²) in [6, 6.07) is 8.50. The third-order valence-corrected chi connectivity index (χ3v) is 3.99. The first kappa shape index (κ1) is 15.6. The topological polar surface area (TPSA) is 24.4 Å². The lowest BCUT2D eigenvalue weighted by Gasteiger charge is -2.17. The van der Waals surface area contributed by atoms with Crippen LogP contribution < -0.4 is 5.43 Å². The van der Waals surface area contributed by atoms with E-state index < -0.39 is 0 Å². The largest absolute Gasteiger partial charge is 0.305 e. The smallest absolute Gasteiger partial charge is 0.0546 e. The molecule has 0 aromatic heterocycles. The van der Waals surface area contributed by atoms with Crippen LogP contribution in [0.5, 0.6) is 0 Å². The second-order valence-corrected chi connectivity index (χ2v) is 6.89. The first-order valence-electron chi connectivity index (χ1n) is 7.55. The van der Waals surface area contributed by atoms with Crippen molar-refractivity contribution in [1.29, 1.82) is 0 Å². The Balaban J connectivity index is 2.32. The lowest BCUT2D eigenvalue weighted by Crippen LogP contribution is -2.31. The molecule has 21 heavy (non-hydrogen) atoms. The Morgan fingerprint density at radius 3 is 2.29 bits per heavy atom. The molecule has 2 nitrogen and oxygen atoms in total. The molecule has 1 aliphatic rings. The minimum atomic E-state index is -0.0112. The molecule has 0 fully saturated rings. The van der Waals surface area contributed by atoms with Gasteiger partial charge in [-0.15, -0.1) is 0 Å². The molecule has 0 saturated heterocycles. The number of rotatable bonds is 3. The van der Waals surface area contributed by atoms with Gasteiger partial charge in [0.2, 0.25) is 0 Å². The van der Waals surface area contributed by atoms with E-state index in [0.29, 0.717) is 0 Å². The first-order chi connectivity index (χ1) is 9.79. The average Bonchev–Trinajstić information content (AvgIpc) is 2.66. The van der Waals surface area contributed by atoms with Crippen LogP contribution in [0.2, 0.25) is 0 Å². The highest BCUT2D eigenvalue weighted by atomic mass is 15.3. The van der Waals surface area contributed by atoms with E-state index in [2.05, 4.69) is 76.3 Å². The summed E-state index contributed by atoms with van der Waals surface area (Å²) in [7, 11) is 0. The van der Waals surface area contributed by atoms with Gasteiger partial charge < -0.3 is 5.43 Å². The van der Waals surface area contributed by atoms with Crippen molar-refractivity contribution in [2.45, 2.75) is 53.5 Å². The molecule has 0 aliphatic heterocycles. The van der Waals surface area contributed by atoms with Crippen molar-refractivity contribution in [3.8, 4) is 0 Å². The number of nitrogens with zero attached hydrogens (tertiary/aromatic N) is 1. The third kappa shape index (κ3) is 3.63. The third-order valence-electron chi connectivity index (χ3n) is 3.99. The van der Waals surface area contributed by atoms with Gasteiger partial charge in [0.1, 0.15) is 0 Å². The monoisotopic (exact) mass is 282 g/mol. The molecule has 0 bridgehead atoms. The summed E-state index contributed by atoms with van der Waals surface area (Å²) in [5.74, 6) is 0. The zero-order chi connectivity index (χ0) is 15.6. The van der Waals surface area contributed by atoms with Crippen molar-refractivity contribution in [1.82, 2.24) is 5.43 Å². The van der Waals surface area contributed by atoms with E-state index in [1.54, 1.807) is 0 Å². The Morgan fingerprint density at radius 1 is 1.05 bits per heavy atom. The van der Waals surface area contributed by atoms with Crippen LogP contribution in [0.4, 0.5) is 0 Å². The molecular weight excluding hydrogens is 256 g/mol. The first-order valence-corrected chi connectivity index (χ1v) is 7.55. The molecule has 1 aromatic rings. The van der Waals surface area contributed by atoms with E-state index in [1.807, 2.05) is 6.21 Å². The SMILES string of the molecule is CC1=C(C)C(C)=C(c2ccccc2C=NNC(C)(C)C)C1. The fourth-order valence-corrected chi connectivity index (χ4v) is 2.55. The summed E-state index contributed by atoms with van der Waals surface area (Å²) >= 11 is 0. The zero-order valence-corrected chi connectivity index (χ0v) is 14.0. The van der Waals surface area contributed by atoms with Crippen molar-refractivity contribution in [3.63, 3.8) is 0 Å². The highest BCUT2D eigenvalue weighted by Gasteiger charge is 2.18. The Morgan fingerprint density at radius 2 is 1.71 bits per heavy atom. The summed E-state index contributed by atoms with van der Waals surface area (Å²) in [6.45, 7) is 13.0. The maximum Gasteiger partial charge on any atom is 0.0546 e. The van der Waals surface area contributed by atoms with Gasteiger partial charge in [-0.1, -0.05) is 29.8 Å². The van der Waals surface area contributed by atoms with Crippen LogP contribution >= 0.6 is 0 Å². The van der Waals surface area contributed by atoms with Gasteiger partial charge in [0, 0.05) is 11.1 Å². The van der Waals surface area contributed by atoms with Gasteiger partial charge in [0.05, 0.1) is 6.21 Å². The van der Waals surface area contributed by atoms with E-state index in [4.69, 9.17) is 0 Å². The quantitative estimate of drug-likeness (QED) is 0.617. The van der Waals surface area contributed by atoms with Crippen molar-refractivity contribution in [2.24, 2.45) is 5.10 Å². The molecule has 0 radical (unpaired) electrons. The molecule has 2 heteroatoms. The van der Waals surface area contributed by atoms with Gasteiger partial charge in [0.15, 0.2) is 0 Å². The Labute approximate surface area is 128 Å². The number of hydrogen-bond donors (Lipinski definition) is 1. The van der Waals surface area contributed by atoms with Gasteiger partial charge in [-0.3, -0.25) is 0 Å². The molecule has 0 atom stereocenters. The van der Waals surface area contributed by atoms with Crippen LogP contribution in [0.1, 0.15) is 59.1 Å². The second-order valence-electron chi connectivity index (χ2n) is 6.89. The van der Waals surface area contributed by atoms with Crippen molar-refractivity contribution in [3.05, 3.63) is 52.1 Å². The molecule has 1 aliphatic carbocycles. The van der Waals surface area contributed by atoms with Crippen LogP contribution in [-0.2, 0) is 0 Å². The number of allylic oxidation sites excluding steroid dienone is 4. The highest BCUT2D eigenvalue weighted by molar-refractivity contribution is 5.91. The Bertz CT molecular complexity index is 625. The van der Waals surface area contributed by atoms with Crippen molar-refractivity contribution in [2.75, 3.05) is 0 Å². The summed E-state index contributed by atoms with van der Waals surface area (Å²) in [5.41, 5.74) is 11.4. The highest BCUT2D eigenvalue weighted by Crippen LogP contribution is 2.38. The van der Waals surface area contributed by atoms with Gasteiger partial charge in [-0.05, 0) is 70.2 Å². The number of hydrogen-bond acceptors (Lipinski definition) is 2. The van der Waals surface area contributed by atoms with Crippen LogP contribution in [0, 0.1) is 0 Å². The van der Waals surface area contributed by atoms with E-state index in [0.717, 1.165) is 6.42 Å². The summed E-state index contributed by atoms with van der Waals surface area (Å²) < 4.78 is 0. The molecule has 0 spiro atoms. The van der Waals surface area contributed by atoms with Crippen LogP contribution in [-0.4, -0.2) is 11.8 Å². The van der Waals surface area contributed by atoms with Gasteiger partial charge in [-0.2, -0.15) is 5.10 Å². The summed E-state index contributed by atoms with van der Waals surface area (Å²) in [6.07, 6.45) is 2.99. The van der Waals surface area contributed by atoms with E-state index in [1.165, 1.54) is 33.4 Å². The minimum absolute atomic E-state index is 0.0112. The molecule has 112 valence electrons. The second kappa shape index (κ2) is 5.88. The van der Waals surface area contributed by atoms with Crippen LogP contribution in [0.3, 0.4) is 0 Å². The minimum Gasteiger partial charge on any atom is -0.305 e. The molecule has 0 heterocycles. The molecule has 2 rings (SSSR count). The predicted octanol–water partition coefficient (Wildman–Crippen LogP) is 4.92. The normalized spacial score (nSPS) is 16.3. The van der Waals surface area contributed by atoms with E-state index >= 15 is 0 Å². The standard InChI is InChI=1S/C19H26N2/c1-13-11-18(15(3)14(13)2)17-10-8-7-9-16(17)12-20-21-19(4,5)6/h7-10,12,21H,11H2,1-6H3. The van der Waals surface area contributed by atoms with Crippen LogP contribution in [0.15, 0.2) is 46.1 Å². The lowest BCUT2D eigenvalue weighted by atomic mass is 9.96. The number of benzene rings is 1. The number of hydrazone groups is 1. The molecular formula is C19H26N2. The molecule has 0 amide bonds. The van der Waals surface area contributed by atoms with E-state index in [-0.39, 0.29) is 5.54 Å². The maximum absolute atomic E-state index is 4.40. The van der Waals surface area contributed by atoms with Gasteiger partial charge in [-0.25, -0.2) is 0 Å². The average molecular weight is 282 g/mol. The molecule has 1 N–H and O–H groups in total.